The fourth-order valence-corrected chi connectivity index (χ4v) is 4.92. The summed E-state index contributed by atoms with van der Waals surface area (Å²) in [4.78, 5) is 26.0. The summed E-state index contributed by atoms with van der Waals surface area (Å²) in [6, 6.07) is -0.808. The van der Waals surface area contributed by atoms with Crippen LogP contribution in [0.2, 0.25) is 18.1 Å². The normalized spacial score (nSPS) is 17.5. The molecule has 0 aliphatic rings. The molecular weight excluding hydrogens is 430 g/mol. The highest BCUT2D eigenvalue weighted by Gasteiger charge is 2.41. The van der Waals surface area contributed by atoms with E-state index in [2.05, 4.69) is 67.6 Å². The molecule has 0 aromatic carbocycles. The molecule has 0 saturated carbocycles. The third kappa shape index (κ3) is 9.40. The number of amides is 1. The van der Waals surface area contributed by atoms with E-state index in [9.17, 15) is 14.7 Å². The minimum atomic E-state index is -1.94. The number of carbonyl (C=O) groups is 2. The second-order valence-electron chi connectivity index (χ2n) is 11.7. The maximum atomic E-state index is 12.9. The molecule has 0 bridgehead atoms. The number of aliphatic carboxylic acids is 1. The van der Waals surface area contributed by atoms with Gasteiger partial charge in [0.1, 0.15) is 6.04 Å². The summed E-state index contributed by atoms with van der Waals surface area (Å²) in [5.74, 6) is -0.406. The van der Waals surface area contributed by atoms with Crippen molar-refractivity contribution < 1.29 is 19.1 Å². The highest BCUT2D eigenvalue weighted by Crippen LogP contribution is 2.40. The highest BCUT2D eigenvalue weighted by molar-refractivity contribution is 6.74. The number of nitrogens with zero attached hydrogens (tertiary/aromatic N) is 1. The van der Waals surface area contributed by atoms with Gasteiger partial charge < -0.3 is 14.4 Å². The number of carboxylic acid groups (broad SMARTS) is 1. The monoisotopic (exact) mass is 481 g/mol. The van der Waals surface area contributed by atoms with Gasteiger partial charge in [-0.05, 0) is 75.1 Å². The van der Waals surface area contributed by atoms with Crippen molar-refractivity contribution in [3.63, 3.8) is 0 Å². The predicted molar refractivity (Wildman–Crippen MR) is 142 cm³/mol. The maximum absolute atomic E-state index is 12.9. The van der Waals surface area contributed by atoms with E-state index >= 15 is 0 Å². The lowest BCUT2D eigenvalue weighted by atomic mass is 9.85. The maximum Gasteiger partial charge on any atom is 0.326 e. The summed E-state index contributed by atoms with van der Waals surface area (Å²) >= 11 is 0. The van der Waals surface area contributed by atoms with Gasteiger partial charge in [-0.15, -0.1) is 0 Å². The van der Waals surface area contributed by atoms with E-state index in [-0.39, 0.29) is 28.9 Å². The van der Waals surface area contributed by atoms with Crippen LogP contribution < -0.4 is 0 Å². The first kappa shape index (κ1) is 31.6. The molecule has 0 aromatic rings. The van der Waals surface area contributed by atoms with Gasteiger partial charge in [-0.1, -0.05) is 60.6 Å². The second-order valence-corrected chi connectivity index (χ2v) is 16.4. The first-order valence-electron chi connectivity index (χ1n) is 12.3. The largest absolute Gasteiger partial charge is 0.480 e. The van der Waals surface area contributed by atoms with E-state index in [0.717, 1.165) is 6.42 Å². The molecule has 33 heavy (non-hydrogen) atoms. The third-order valence-electron chi connectivity index (χ3n) is 7.41. The molecule has 0 fully saturated rings. The van der Waals surface area contributed by atoms with Crippen molar-refractivity contribution in [2.45, 2.75) is 112 Å². The number of carboxylic acids is 1. The Labute approximate surface area is 204 Å². The van der Waals surface area contributed by atoms with Crippen LogP contribution in [0.4, 0.5) is 0 Å². The molecule has 2 unspecified atom stereocenters. The van der Waals surface area contributed by atoms with Crippen molar-refractivity contribution in [2.75, 3.05) is 7.05 Å². The molecule has 4 atom stereocenters. The number of hydrogen-bond donors (Lipinski definition) is 1. The van der Waals surface area contributed by atoms with Crippen LogP contribution in [-0.2, 0) is 14.0 Å². The Morgan fingerprint density at radius 3 is 2.00 bits per heavy atom. The summed E-state index contributed by atoms with van der Waals surface area (Å²) in [6.07, 6.45) is 5.32. The zero-order valence-electron chi connectivity index (χ0n) is 23.6. The van der Waals surface area contributed by atoms with Crippen molar-refractivity contribution in [1.82, 2.24) is 4.90 Å². The summed E-state index contributed by atoms with van der Waals surface area (Å²) in [5, 5.41) is 9.70. The zero-order valence-corrected chi connectivity index (χ0v) is 24.6. The number of hydrogen-bond acceptors (Lipinski definition) is 3. The molecule has 0 saturated heterocycles. The van der Waals surface area contributed by atoms with E-state index in [1.165, 1.54) is 10.5 Å². The van der Waals surface area contributed by atoms with Crippen molar-refractivity contribution in [3.05, 3.63) is 23.3 Å². The fourth-order valence-electron chi connectivity index (χ4n) is 3.53. The SMILES string of the molecule is C/C=C(\C)C(O[Si](C)(C)C(C)(C)C)[C@@H](C)[C@@H](C)C/C=C(\C)C(=O)N(C)C(CC(C)C)C(=O)O. The van der Waals surface area contributed by atoms with Crippen molar-refractivity contribution in [2.24, 2.45) is 17.8 Å². The van der Waals surface area contributed by atoms with Gasteiger partial charge in [-0.25, -0.2) is 4.79 Å². The number of rotatable bonds is 12. The Kier molecular flexibility index (Phi) is 12.3. The molecule has 0 aliphatic carbocycles. The fraction of sp³-hybridized carbons (Fsp3) is 0.778. The molecule has 0 rings (SSSR count). The Bertz CT molecular complexity index is 718. The van der Waals surface area contributed by atoms with Crippen molar-refractivity contribution in [3.8, 4) is 0 Å². The van der Waals surface area contributed by atoms with Crippen LogP contribution in [0.3, 0.4) is 0 Å². The minimum Gasteiger partial charge on any atom is -0.480 e. The van der Waals surface area contributed by atoms with Crippen LogP contribution >= 0.6 is 0 Å². The molecule has 0 heterocycles. The highest BCUT2D eigenvalue weighted by atomic mass is 28.4. The number of allylic oxidation sites excluding steroid dienone is 2. The molecular formula is C27H51NO4Si. The van der Waals surface area contributed by atoms with Crippen LogP contribution in [0, 0.1) is 17.8 Å². The smallest absolute Gasteiger partial charge is 0.326 e. The Balaban J connectivity index is 5.52. The zero-order chi connectivity index (χ0) is 26.3. The number of likely N-dealkylation sites (N-methyl/N-ethyl adjacent to an activating group) is 1. The van der Waals surface area contributed by atoms with Gasteiger partial charge in [0, 0.05) is 12.6 Å². The molecule has 0 radical (unpaired) electrons. The molecule has 1 amide bonds. The Morgan fingerprint density at radius 2 is 1.61 bits per heavy atom. The lowest BCUT2D eigenvalue weighted by Gasteiger charge is -2.42. The van der Waals surface area contributed by atoms with Gasteiger partial charge in [0.25, 0.3) is 0 Å². The first-order chi connectivity index (χ1) is 14.9. The lowest BCUT2D eigenvalue weighted by Crippen LogP contribution is -2.46. The standard InChI is InChI=1S/C27H51NO4Si/c1-14-19(4)24(32-33(12,13)27(8,9)10)22(7)20(5)15-16-21(6)25(29)28(11)23(26(30)31)17-18(2)3/h14,16,18,20,22-24H,15,17H2,1-13H3,(H,30,31)/b19-14+,21-16+/t20-,22-,23?,24?/m0/s1. The topological polar surface area (TPSA) is 66.8 Å². The predicted octanol–water partition coefficient (Wildman–Crippen LogP) is 6.91. The molecule has 0 aliphatic heterocycles. The Morgan fingerprint density at radius 1 is 1.09 bits per heavy atom. The van der Waals surface area contributed by atoms with E-state index in [4.69, 9.17) is 4.43 Å². The van der Waals surface area contributed by atoms with Crippen LogP contribution in [0.1, 0.15) is 82.1 Å². The quantitative estimate of drug-likeness (QED) is 0.187. The average Bonchev–Trinajstić information content (AvgIpc) is 2.70. The van der Waals surface area contributed by atoms with E-state index in [1.54, 1.807) is 14.0 Å². The first-order valence-corrected chi connectivity index (χ1v) is 15.3. The molecule has 1 N–H and O–H groups in total. The van der Waals surface area contributed by atoms with E-state index in [0.29, 0.717) is 17.9 Å². The molecule has 5 nitrogen and oxygen atoms in total. The van der Waals surface area contributed by atoms with Gasteiger partial charge in [0.15, 0.2) is 8.32 Å². The second kappa shape index (κ2) is 12.9. The molecule has 6 heteroatoms. The Hall–Kier alpha value is -1.40. The van der Waals surface area contributed by atoms with Crippen molar-refractivity contribution in [1.29, 1.82) is 0 Å². The van der Waals surface area contributed by atoms with Crippen LogP contribution in [0.25, 0.3) is 0 Å². The van der Waals surface area contributed by atoms with E-state index in [1.807, 2.05) is 19.9 Å². The van der Waals surface area contributed by atoms with Gasteiger partial charge in [-0.3, -0.25) is 4.79 Å². The van der Waals surface area contributed by atoms with Crippen LogP contribution in [-0.4, -0.2) is 49.4 Å². The molecule has 0 aromatic heterocycles. The van der Waals surface area contributed by atoms with Gasteiger partial charge in [0.2, 0.25) is 5.91 Å². The van der Waals surface area contributed by atoms with Crippen LogP contribution in [0.5, 0.6) is 0 Å². The lowest BCUT2D eigenvalue weighted by molar-refractivity contribution is -0.148. The molecule has 192 valence electrons. The summed E-state index contributed by atoms with van der Waals surface area (Å²) in [5.41, 5.74) is 1.84. The summed E-state index contributed by atoms with van der Waals surface area (Å²) < 4.78 is 6.83. The van der Waals surface area contributed by atoms with Crippen LogP contribution in [0.15, 0.2) is 23.3 Å². The average molecular weight is 482 g/mol. The third-order valence-corrected chi connectivity index (χ3v) is 11.9. The van der Waals surface area contributed by atoms with Gasteiger partial charge >= 0.3 is 5.97 Å². The molecule has 0 spiro atoms. The van der Waals surface area contributed by atoms with Gasteiger partial charge in [-0.2, -0.15) is 0 Å². The number of carbonyl (C=O) groups excluding carboxylic acids is 1. The van der Waals surface area contributed by atoms with Crippen molar-refractivity contribution >= 4 is 20.2 Å². The summed E-state index contributed by atoms with van der Waals surface area (Å²) in [7, 11) is -0.354. The van der Waals surface area contributed by atoms with E-state index < -0.39 is 20.3 Å². The summed E-state index contributed by atoms with van der Waals surface area (Å²) in [6.45, 7) is 25.7. The minimum absolute atomic E-state index is 0.0420. The van der Waals surface area contributed by atoms with Gasteiger partial charge in [0.05, 0.1) is 6.10 Å².